The summed E-state index contributed by atoms with van der Waals surface area (Å²) in [4.78, 5) is 0. The van der Waals surface area contributed by atoms with E-state index in [1.807, 2.05) is 36.4 Å². The monoisotopic (exact) mass is 402 g/mol. The lowest BCUT2D eigenvalue weighted by Gasteiger charge is -2.10. The molecule has 0 saturated carbocycles. The van der Waals surface area contributed by atoms with Gasteiger partial charge in [0.25, 0.3) is 0 Å². The Morgan fingerprint density at radius 2 is 1.50 bits per heavy atom. The van der Waals surface area contributed by atoms with Crippen LogP contribution in [0.4, 0.5) is 4.39 Å². The molecule has 4 rings (SSSR count). The molecule has 0 aromatic heterocycles. The molecule has 4 heteroatoms. The molecule has 152 valence electrons. The molecule has 1 unspecified atom stereocenters. The van der Waals surface area contributed by atoms with Gasteiger partial charge in [0.2, 0.25) is 0 Å². The van der Waals surface area contributed by atoms with Crippen LogP contribution in [-0.2, 0) is 0 Å². The summed E-state index contributed by atoms with van der Waals surface area (Å²) in [5.41, 5.74) is 6.53. The molecule has 0 heterocycles. The molecule has 1 aliphatic carbocycles. The number of allylic oxidation sites excluding steroid dienone is 2. The summed E-state index contributed by atoms with van der Waals surface area (Å²) in [7, 11) is 0. The van der Waals surface area contributed by atoms with Crippen molar-refractivity contribution in [3.63, 3.8) is 0 Å². The normalized spacial score (nSPS) is 15.4. The van der Waals surface area contributed by atoms with Crippen molar-refractivity contribution in [3.8, 4) is 11.5 Å². The fourth-order valence-electron chi connectivity index (χ4n) is 3.73. The van der Waals surface area contributed by atoms with E-state index in [0.717, 1.165) is 33.4 Å². The van der Waals surface area contributed by atoms with Gasteiger partial charge in [0, 0.05) is 6.42 Å². The summed E-state index contributed by atoms with van der Waals surface area (Å²) in [5.74, 6) is 0.961. The van der Waals surface area contributed by atoms with Gasteiger partial charge in [-0.25, -0.2) is 4.39 Å². The van der Waals surface area contributed by atoms with Crippen molar-refractivity contribution in [3.05, 3.63) is 101 Å². The molecule has 0 radical (unpaired) electrons. The fourth-order valence-corrected chi connectivity index (χ4v) is 3.73. The molecular formula is C26H23FO3. The van der Waals surface area contributed by atoms with E-state index >= 15 is 0 Å². The van der Waals surface area contributed by atoms with Crippen LogP contribution in [0.15, 0.2) is 78.4 Å². The van der Waals surface area contributed by atoms with E-state index < -0.39 is 6.10 Å². The summed E-state index contributed by atoms with van der Waals surface area (Å²) in [6.07, 6.45) is 1.76. The van der Waals surface area contributed by atoms with Crippen molar-refractivity contribution >= 4 is 17.2 Å². The van der Waals surface area contributed by atoms with Crippen LogP contribution in [-0.4, -0.2) is 22.9 Å². The Kier molecular flexibility index (Phi) is 5.79. The fraction of sp³-hybridized carbons (Fsp3) is 0.154. The number of hydrogen-bond acceptors (Lipinski definition) is 3. The number of ether oxygens (including phenoxy) is 1. The Bertz CT molecular complexity index is 1100. The number of hydrogen-bond donors (Lipinski definition) is 2. The lowest BCUT2D eigenvalue weighted by atomic mass is 10.00. The molecule has 0 spiro atoms. The van der Waals surface area contributed by atoms with Gasteiger partial charge in [-0.1, -0.05) is 36.4 Å². The number of halogens is 1. The number of fused-ring (bicyclic) bond motifs is 1. The van der Waals surface area contributed by atoms with Crippen LogP contribution in [0.5, 0.6) is 11.5 Å². The Labute approximate surface area is 175 Å². The Morgan fingerprint density at radius 1 is 0.900 bits per heavy atom. The molecule has 3 nitrogen and oxygen atoms in total. The molecule has 3 aromatic carbocycles. The number of benzene rings is 3. The number of aliphatic hydroxyl groups is 2. The first-order valence-electron chi connectivity index (χ1n) is 9.89. The maximum atomic E-state index is 13.0. The van der Waals surface area contributed by atoms with Gasteiger partial charge >= 0.3 is 0 Å². The van der Waals surface area contributed by atoms with Gasteiger partial charge in [-0.3, -0.25) is 0 Å². The van der Waals surface area contributed by atoms with Gasteiger partial charge in [0.05, 0.1) is 12.7 Å². The van der Waals surface area contributed by atoms with Gasteiger partial charge in [-0.2, -0.15) is 0 Å². The molecule has 0 saturated heterocycles. The standard InChI is InChI=1S/C26H23FO3/c1-17-25(23-4-2-3-5-24(23)26(17)15-20(29)16-28)14-18-6-10-21(11-7-18)30-22-12-8-19(27)9-13-22/h2-14,20,28-29H,15-16H2,1H3/b25-14-. The first-order chi connectivity index (χ1) is 14.5. The molecule has 0 amide bonds. The summed E-state index contributed by atoms with van der Waals surface area (Å²) >= 11 is 0. The highest BCUT2D eigenvalue weighted by Gasteiger charge is 2.24. The second kappa shape index (κ2) is 8.66. The number of aliphatic hydroxyl groups excluding tert-OH is 2. The predicted molar refractivity (Wildman–Crippen MR) is 118 cm³/mol. The third kappa shape index (κ3) is 4.20. The zero-order valence-corrected chi connectivity index (χ0v) is 16.7. The molecule has 0 aliphatic heterocycles. The van der Waals surface area contributed by atoms with Gasteiger partial charge in [-0.05, 0) is 82.8 Å². The Morgan fingerprint density at radius 3 is 2.13 bits per heavy atom. The lowest BCUT2D eigenvalue weighted by molar-refractivity contribution is 0.0993. The van der Waals surface area contributed by atoms with Crippen molar-refractivity contribution in [2.75, 3.05) is 6.61 Å². The van der Waals surface area contributed by atoms with Crippen molar-refractivity contribution < 1.29 is 19.3 Å². The van der Waals surface area contributed by atoms with Crippen LogP contribution in [0.3, 0.4) is 0 Å². The second-order valence-corrected chi connectivity index (χ2v) is 7.37. The van der Waals surface area contributed by atoms with Crippen molar-refractivity contribution in [1.29, 1.82) is 0 Å². The van der Waals surface area contributed by atoms with E-state index in [4.69, 9.17) is 4.74 Å². The summed E-state index contributed by atoms with van der Waals surface area (Å²) < 4.78 is 18.8. The van der Waals surface area contributed by atoms with Crippen LogP contribution < -0.4 is 4.74 Å². The molecule has 0 fully saturated rings. The first kappa shape index (κ1) is 20.1. The van der Waals surface area contributed by atoms with E-state index in [-0.39, 0.29) is 12.4 Å². The maximum Gasteiger partial charge on any atom is 0.127 e. The smallest absolute Gasteiger partial charge is 0.127 e. The highest BCUT2D eigenvalue weighted by molar-refractivity contribution is 6.05. The summed E-state index contributed by atoms with van der Waals surface area (Å²) in [6.45, 7) is 1.80. The Hall–Kier alpha value is -3.21. The van der Waals surface area contributed by atoms with E-state index in [1.165, 1.54) is 12.1 Å². The maximum absolute atomic E-state index is 13.0. The third-order valence-corrected chi connectivity index (χ3v) is 5.29. The van der Waals surface area contributed by atoms with E-state index in [1.54, 1.807) is 12.1 Å². The molecule has 0 bridgehead atoms. The molecule has 2 N–H and O–H groups in total. The van der Waals surface area contributed by atoms with Crippen LogP contribution in [0.25, 0.3) is 17.2 Å². The summed E-state index contributed by atoms with van der Waals surface area (Å²) in [5, 5.41) is 19.2. The molecule has 30 heavy (non-hydrogen) atoms. The van der Waals surface area contributed by atoms with Gasteiger partial charge in [-0.15, -0.1) is 0 Å². The average molecular weight is 402 g/mol. The molecular weight excluding hydrogens is 379 g/mol. The highest BCUT2D eigenvalue weighted by atomic mass is 19.1. The van der Waals surface area contributed by atoms with Crippen LogP contribution >= 0.6 is 0 Å². The Balaban J connectivity index is 1.61. The van der Waals surface area contributed by atoms with Crippen LogP contribution in [0.1, 0.15) is 30.0 Å². The molecule has 1 atom stereocenters. The second-order valence-electron chi connectivity index (χ2n) is 7.37. The summed E-state index contributed by atoms with van der Waals surface area (Å²) in [6, 6.07) is 21.8. The SMILES string of the molecule is CC1=C(CC(O)CO)c2ccccc2/C1=C\c1ccc(Oc2ccc(F)cc2)cc1. The van der Waals surface area contributed by atoms with Crippen molar-refractivity contribution in [2.45, 2.75) is 19.4 Å². The van der Waals surface area contributed by atoms with Crippen molar-refractivity contribution in [2.24, 2.45) is 0 Å². The first-order valence-corrected chi connectivity index (χ1v) is 9.89. The van der Waals surface area contributed by atoms with Gasteiger partial charge < -0.3 is 14.9 Å². The average Bonchev–Trinajstić information content (AvgIpc) is 3.02. The topological polar surface area (TPSA) is 49.7 Å². The van der Waals surface area contributed by atoms with E-state index in [0.29, 0.717) is 17.9 Å². The van der Waals surface area contributed by atoms with E-state index in [9.17, 15) is 14.6 Å². The molecule has 3 aromatic rings. The minimum absolute atomic E-state index is 0.256. The van der Waals surface area contributed by atoms with Crippen LogP contribution in [0.2, 0.25) is 0 Å². The predicted octanol–water partition coefficient (Wildman–Crippen LogP) is 5.69. The zero-order valence-electron chi connectivity index (χ0n) is 16.7. The minimum atomic E-state index is -0.773. The lowest BCUT2D eigenvalue weighted by Crippen LogP contribution is -2.12. The van der Waals surface area contributed by atoms with E-state index in [2.05, 4.69) is 25.1 Å². The molecule has 1 aliphatic rings. The largest absolute Gasteiger partial charge is 0.457 e. The van der Waals surface area contributed by atoms with Gasteiger partial charge in [0.15, 0.2) is 0 Å². The minimum Gasteiger partial charge on any atom is -0.457 e. The van der Waals surface area contributed by atoms with Gasteiger partial charge in [0.1, 0.15) is 17.3 Å². The zero-order chi connectivity index (χ0) is 21.1. The highest BCUT2D eigenvalue weighted by Crippen LogP contribution is 2.43. The van der Waals surface area contributed by atoms with Crippen molar-refractivity contribution in [1.82, 2.24) is 0 Å². The third-order valence-electron chi connectivity index (χ3n) is 5.29. The number of rotatable bonds is 6. The quantitative estimate of drug-likeness (QED) is 0.557. The van der Waals surface area contributed by atoms with Crippen LogP contribution in [0, 0.1) is 5.82 Å².